The molecular formula is C14H23ClN4O. The maximum absolute atomic E-state index is 12.1. The molecule has 1 N–H and O–H groups in total. The van der Waals surface area contributed by atoms with Gasteiger partial charge in [0.1, 0.15) is 0 Å². The Labute approximate surface area is 125 Å². The van der Waals surface area contributed by atoms with Gasteiger partial charge in [0.05, 0.1) is 11.8 Å². The fourth-order valence-electron chi connectivity index (χ4n) is 1.93. The molecule has 0 bridgehead atoms. The molecule has 0 aliphatic rings. The third-order valence-corrected chi connectivity index (χ3v) is 3.12. The highest BCUT2D eigenvalue weighted by Crippen LogP contribution is 2.07. The molecule has 0 aliphatic carbocycles. The number of nitrogens with one attached hydrogen (secondary N) is 1. The monoisotopic (exact) mass is 298 g/mol. The first-order valence-corrected chi connectivity index (χ1v) is 7.16. The number of carbonyl (C=O) groups excluding carboxylic acids is 1. The highest BCUT2D eigenvalue weighted by molar-refractivity contribution is 6.29. The number of halogens is 1. The SMILES string of the molecule is C=C(Cl)CN(C)CCNC(=O)c1cnn(CCC)c1C. The van der Waals surface area contributed by atoms with Crippen LogP contribution in [0.25, 0.3) is 0 Å². The van der Waals surface area contributed by atoms with Gasteiger partial charge in [0.25, 0.3) is 5.91 Å². The van der Waals surface area contributed by atoms with E-state index in [1.165, 1.54) is 0 Å². The molecule has 0 aromatic carbocycles. The van der Waals surface area contributed by atoms with Crippen molar-refractivity contribution in [3.05, 3.63) is 29.1 Å². The first-order chi connectivity index (χ1) is 9.45. The van der Waals surface area contributed by atoms with Crippen LogP contribution in [0.3, 0.4) is 0 Å². The predicted octanol–water partition coefficient (Wildman–Crippen LogP) is 2.02. The number of carbonyl (C=O) groups is 1. The van der Waals surface area contributed by atoms with Gasteiger partial charge in [-0.25, -0.2) is 0 Å². The predicted molar refractivity (Wildman–Crippen MR) is 82.1 cm³/mol. The van der Waals surface area contributed by atoms with Gasteiger partial charge in [-0.2, -0.15) is 5.10 Å². The van der Waals surface area contributed by atoms with Crippen molar-refractivity contribution in [1.82, 2.24) is 20.0 Å². The van der Waals surface area contributed by atoms with Gasteiger partial charge < -0.3 is 5.32 Å². The zero-order valence-electron chi connectivity index (χ0n) is 12.4. The van der Waals surface area contributed by atoms with Crippen LogP contribution in [-0.4, -0.2) is 47.3 Å². The summed E-state index contributed by atoms with van der Waals surface area (Å²) in [7, 11) is 1.93. The Balaban J connectivity index is 2.45. The Morgan fingerprint density at radius 1 is 1.60 bits per heavy atom. The molecule has 20 heavy (non-hydrogen) atoms. The highest BCUT2D eigenvalue weighted by atomic mass is 35.5. The fourth-order valence-corrected chi connectivity index (χ4v) is 2.14. The van der Waals surface area contributed by atoms with Crippen molar-refractivity contribution in [1.29, 1.82) is 0 Å². The van der Waals surface area contributed by atoms with Crippen molar-refractivity contribution in [2.45, 2.75) is 26.8 Å². The number of hydrogen-bond donors (Lipinski definition) is 1. The molecule has 1 heterocycles. The maximum atomic E-state index is 12.1. The van der Waals surface area contributed by atoms with E-state index in [1.54, 1.807) is 6.20 Å². The summed E-state index contributed by atoms with van der Waals surface area (Å²) in [5, 5.41) is 7.71. The summed E-state index contributed by atoms with van der Waals surface area (Å²) in [5.41, 5.74) is 1.55. The van der Waals surface area contributed by atoms with E-state index in [4.69, 9.17) is 11.6 Å². The average Bonchev–Trinajstić information content (AvgIpc) is 2.70. The van der Waals surface area contributed by atoms with E-state index in [0.29, 0.717) is 23.7 Å². The maximum Gasteiger partial charge on any atom is 0.254 e. The van der Waals surface area contributed by atoms with Crippen molar-refractivity contribution in [3.63, 3.8) is 0 Å². The van der Waals surface area contributed by atoms with E-state index >= 15 is 0 Å². The molecule has 1 aromatic rings. The van der Waals surface area contributed by atoms with Gasteiger partial charge in [-0.1, -0.05) is 25.1 Å². The van der Waals surface area contributed by atoms with Crippen LogP contribution in [0.2, 0.25) is 0 Å². The fraction of sp³-hybridized carbons (Fsp3) is 0.571. The van der Waals surface area contributed by atoms with Gasteiger partial charge in [0.15, 0.2) is 0 Å². The van der Waals surface area contributed by atoms with E-state index in [-0.39, 0.29) is 5.91 Å². The van der Waals surface area contributed by atoms with E-state index < -0.39 is 0 Å². The number of nitrogens with zero attached hydrogens (tertiary/aromatic N) is 3. The van der Waals surface area contributed by atoms with Crippen LogP contribution in [0.15, 0.2) is 17.8 Å². The molecule has 1 aromatic heterocycles. The Bertz CT molecular complexity index is 470. The van der Waals surface area contributed by atoms with Crippen molar-refractivity contribution < 1.29 is 4.79 Å². The summed E-state index contributed by atoms with van der Waals surface area (Å²) < 4.78 is 1.86. The average molecular weight is 299 g/mol. The molecule has 0 saturated heterocycles. The summed E-state index contributed by atoms with van der Waals surface area (Å²) in [4.78, 5) is 14.1. The zero-order chi connectivity index (χ0) is 15.1. The van der Waals surface area contributed by atoms with Gasteiger partial charge in [-0.15, -0.1) is 0 Å². The van der Waals surface area contributed by atoms with Gasteiger partial charge in [-0.3, -0.25) is 14.4 Å². The van der Waals surface area contributed by atoms with Crippen LogP contribution in [0, 0.1) is 6.92 Å². The molecule has 0 fully saturated rings. The minimum absolute atomic E-state index is 0.0806. The van der Waals surface area contributed by atoms with Gasteiger partial charge >= 0.3 is 0 Å². The second-order valence-electron chi connectivity index (χ2n) is 4.88. The van der Waals surface area contributed by atoms with E-state index in [2.05, 4.69) is 23.9 Å². The number of aromatic nitrogens is 2. The van der Waals surface area contributed by atoms with Crippen molar-refractivity contribution in [2.75, 3.05) is 26.7 Å². The van der Waals surface area contributed by atoms with Crippen molar-refractivity contribution >= 4 is 17.5 Å². The van der Waals surface area contributed by atoms with Crippen LogP contribution in [0.4, 0.5) is 0 Å². The molecule has 5 nitrogen and oxygen atoms in total. The van der Waals surface area contributed by atoms with Gasteiger partial charge in [-0.05, 0) is 20.4 Å². The Morgan fingerprint density at radius 3 is 2.90 bits per heavy atom. The van der Waals surface area contributed by atoms with Crippen LogP contribution < -0.4 is 5.32 Å². The summed E-state index contributed by atoms with van der Waals surface area (Å²) >= 11 is 5.73. The van der Waals surface area contributed by atoms with E-state index in [0.717, 1.165) is 25.2 Å². The Kier molecular flexibility index (Phi) is 6.75. The molecule has 0 unspecified atom stereocenters. The zero-order valence-corrected chi connectivity index (χ0v) is 13.2. The number of aryl methyl sites for hydroxylation is 1. The lowest BCUT2D eigenvalue weighted by atomic mass is 10.2. The van der Waals surface area contributed by atoms with Gasteiger partial charge in [0.2, 0.25) is 0 Å². The first kappa shape index (κ1) is 16.7. The summed E-state index contributed by atoms with van der Waals surface area (Å²) in [6.45, 7) is 10.4. The normalized spacial score (nSPS) is 10.8. The Hall–Kier alpha value is -1.33. The lowest BCUT2D eigenvalue weighted by molar-refractivity contribution is 0.0949. The highest BCUT2D eigenvalue weighted by Gasteiger charge is 2.13. The molecule has 1 amide bonds. The lowest BCUT2D eigenvalue weighted by Gasteiger charge is -2.15. The van der Waals surface area contributed by atoms with E-state index in [1.807, 2.05) is 23.6 Å². The molecule has 6 heteroatoms. The second-order valence-corrected chi connectivity index (χ2v) is 5.41. The van der Waals surface area contributed by atoms with Crippen LogP contribution >= 0.6 is 11.6 Å². The summed E-state index contributed by atoms with van der Waals surface area (Å²) in [6.07, 6.45) is 2.63. The molecule has 0 radical (unpaired) electrons. The molecule has 0 saturated carbocycles. The number of hydrogen-bond acceptors (Lipinski definition) is 3. The van der Waals surface area contributed by atoms with E-state index in [9.17, 15) is 4.79 Å². The van der Waals surface area contributed by atoms with Crippen LogP contribution in [0.5, 0.6) is 0 Å². The largest absolute Gasteiger partial charge is 0.351 e. The van der Waals surface area contributed by atoms with Crippen molar-refractivity contribution in [3.8, 4) is 0 Å². The summed E-state index contributed by atoms with van der Waals surface area (Å²) in [6, 6.07) is 0. The second kappa shape index (κ2) is 8.07. The molecular weight excluding hydrogens is 276 g/mol. The quantitative estimate of drug-likeness (QED) is 0.799. The van der Waals surface area contributed by atoms with Crippen LogP contribution in [0.1, 0.15) is 29.4 Å². The Morgan fingerprint density at radius 2 is 2.30 bits per heavy atom. The van der Waals surface area contributed by atoms with Gasteiger partial charge in [0, 0.05) is 36.9 Å². The number of rotatable bonds is 8. The standard InChI is InChI=1S/C14H23ClN4O/c1-5-7-19-12(3)13(9-17-19)14(20)16-6-8-18(4)10-11(2)15/h9H,2,5-8,10H2,1,3-4H3,(H,16,20). The topological polar surface area (TPSA) is 50.2 Å². The molecule has 1 rings (SSSR count). The molecule has 112 valence electrons. The number of amides is 1. The summed E-state index contributed by atoms with van der Waals surface area (Å²) in [5.74, 6) is -0.0806. The smallest absolute Gasteiger partial charge is 0.254 e. The van der Waals surface area contributed by atoms with Crippen LogP contribution in [-0.2, 0) is 6.54 Å². The minimum atomic E-state index is -0.0806. The molecule has 0 atom stereocenters. The third-order valence-electron chi connectivity index (χ3n) is 3.00. The number of likely N-dealkylation sites (N-methyl/N-ethyl adjacent to an activating group) is 1. The first-order valence-electron chi connectivity index (χ1n) is 6.78. The molecule has 0 aliphatic heterocycles. The molecule has 0 spiro atoms. The third kappa shape index (κ3) is 4.98. The van der Waals surface area contributed by atoms with Crippen molar-refractivity contribution in [2.24, 2.45) is 0 Å². The minimum Gasteiger partial charge on any atom is -0.351 e. The lowest BCUT2D eigenvalue weighted by Crippen LogP contribution is -2.33.